The third-order valence-corrected chi connectivity index (χ3v) is 2.89. The molecule has 0 atom stereocenters. The van der Waals surface area contributed by atoms with Crippen molar-refractivity contribution in [1.82, 2.24) is 0 Å². The Morgan fingerprint density at radius 3 is 2.62 bits per heavy atom. The van der Waals surface area contributed by atoms with Crippen molar-refractivity contribution in [2.75, 3.05) is 25.3 Å². The Morgan fingerprint density at radius 2 is 1.95 bits per heavy atom. The summed E-state index contributed by atoms with van der Waals surface area (Å²) >= 11 is 0. The van der Waals surface area contributed by atoms with E-state index in [0.29, 0.717) is 11.4 Å². The summed E-state index contributed by atoms with van der Waals surface area (Å²) in [6.45, 7) is 0. The molecule has 2 aromatic rings. The van der Waals surface area contributed by atoms with Crippen LogP contribution in [0.15, 0.2) is 36.4 Å². The molecule has 2 rings (SSSR count). The molecule has 0 aromatic heterocycles. The number of hydrogen-bond donors (Lipinski definition) is 2. The van der Waals surface area contributed by atoms with E-state index in [2.05, 4.69) is 5.32 Å². The van der Waals surface area contributed by atoms with Gasteiger partial charge in [0.15, 0.2) is 11.5 Å². The molecule has 0 unspecified atom stereocenters. The standard InChI is InChI=1S/C15H15FN2O3/c1-20-13-5-3-4-10(14(13)21-2)15(19)18-12-8-9(17)6-7-11(12)16/h3-8H,17H2,1-2H3,(H,18,19). The monoisotopic (exact) mass is 290 g/mol. The van der Waals surface area contributed by atoms with E-state index >= 15 is 0 Å². The number of amides is 1. The zero-order valence-electron chi connectivity index (χ0n) is 11.6. The number of anilines is 2. The molecule has 0 heterocycles. The summed E-state index contributed by atoms with van der Waals surface area (Å²) in [5.41, 5.74) is 6.17. The number of para-hydroxylation sites is 1. The van der Waals surface area contributed by atoms with Crippen molar-refractivity contribution < 1.29 is 18.7 Å². The summed E-state index contributed by atoms with van der Waals surface area (Å²) in [6, 6.07) is 8.81. The molecule has 0 aliphatic carbocycles. The maximum atomic E-state index is 13.6. The van der Waals surface area contributed by atoms with Crippen molar-refractivity contribution in [3.05, 3.63) is 47.8 Å². The van der Waals surface area contributed by atoms with Gasteiger partial charge in [-0.15, -0.1) is 0 Å². The molecule has 2 aromatic carbocycles. The van der Waals surface area contributed by atoms with Gasteiger partial charge < -0.3 is 20.5 Å². The predicted molar refractivity (Wildman–Crippen MR) is 78.3 cm³/mol. The Balaban J connectivity index is 2.35. The van der Waals surface area contributed by atoms with E-state index < -0.39 is 11.7 Å². The SMILES string of the molecule is COc1cccc(C(=O)Nc2cc(N)ccc2F)c1OC. The van der Waals surface area contributed by atoms with Gasteiger partial charge in [-0.1, -0.05) is 6.07 Å². The van der Waals surface area contributed by atoms with Crippen molar-refractivity contribution >= 4 is 17.3 Å². The third-order valence-electron chi connectivity index (χ3n) is 2.89. The van der Waals surface area contributed by atoms with Crippen molar-refractivity contribution in [3.8, 4) is 11.5 Å². The molecule has 0 aliphatic heterocycles. The highest BCUT2D eigenvalue weighted by molar-refractivity contribution is 6.07. The van der Waals surface area contributed by atoms with E-state index in [9.17, 15) is 9.18 Å². The van der Waals surface area contributed by atoms with Gasteiger partial charge in [-0.05, 0) is 30.3 Å². The van der Waals surface area contributed by atoms with E-state index in [1.165, 1.54) is 32.4 Å². The molecular weight excluding hydrogens is 275 g/mol. The number of benzene rings is 2. The number of nitrogens with two attached hydrogens (primary N) is 1. The molecule has 0 saturated carbocycles. The number of carbonyl (C=O) groups excluding carboxylic acids is 1. The fourth-order valence-corrected chi connectivity index (χ4v) is 1.89. The van der Waals surface area contributed by atoms with Crippen LogP contribution in [0.25, 0.3) is 0 Å². The summed E-state index contributed by atoms with van der Waals surface area (Å²) in [5.74, 6) is -0.394. The first-order chi connectivity index (χ1) is 10.1. The predicted octanol–water partition coefficient (Wildman–Crippen LogP) is 2.68. The zero-order chi connectivity index (χ0) is 15.4. The van der Waals surface area contributed by atoms with Crippen molar-refractivity contribution in [2.24, 2.45) is 0 Å². The maximum Gasteiger partial charge on any atom is 0.259 e. The maximum absolute atomic E-state index is 13.6. The van der Waals surface area contributed by atoms with Gasteiger partial charge in [0.1, 0.15) is 5.82 Å². The number of hydrogen-bond acceptors (Lipinski definition) is 4. The molecule has 1 amide bonds. The molecule has 0 spiro atoms. The number of nitrogen functional groups attached to an aromatic ring is 1. The summed E-state index contributed by atoms with van der Waals surface area (Å²) in [7, 11) is 2.90. The highest BCUT2D eigenvalue weighted by atomic mass is 19.1. The Labute approximate surface area is 121 Å². The molecule has 21 heavy (non-hydrogen) atoms. The van der Waals surface area contributed by atoms with E-state index in [4.69, 9.17) is 15.2 Å². The van der Waals surface area contributed by atoms with Crippen LogP contribution < -0.4 is 20.5 Å². The smallest absolute Gasteiger partial charge is 0.259 e. The lowest BCUT2D eigenvalue weighted by Gasteiger charge is -2.13. The number of rotatable bonds is 4. The average molecular weight is 290 g/mol. The number of halogens is 1. The van der Waals surface area contributed by atoms with Crippen LogP contribution in [0.4, 0.5) is 15.8 Å². The minimum Gasteiger partial charge on any atom is -0.493 e. The van der Waals surface area contributed by atoms with E-state index in [-0.39, 0.29) is 17.0 Å². The van der Waals surface area contributed by atoms with Crippen molar-refractivity contribution in [1.29, 1.82) is 0 Å². The minimum atomic E-state index is -0.570. The first kappa shape index (κ1) is 14.6. The van der Waals surface area contributed by atoms with Crippen molar-refractivity contribution in [2.45, 2.75) is 0 Å². The third kappa shape index (κ3) is 3.05. The number of ether oxygens (including phenoxy) is 2. The van der Waals surface area contributed by atoms with Gasteiger partial charge in [-0.25, -0.2) is 4.39 Å². The van der Waals surface area contributed by atoms with Crippen LogP contribution in [-0.2, 0) is 0 Å². The van der Waals surface area contributed by atoms with Crippen LogP contribution >= 0.6 is 0 Å². The van der Waals surface area contributed by atoms with Crippen LogP contribution in [0.3, 0.4) is 0 Å². The largest absolute Gasteiger partial charge is 0.493 e. The van der Waals surface area contributed by atoms with Gasteiger partial charge in [-0.3, -0.25) is 4.79 Å². The fourth-order valence-electron chi connectivity index (χ4n) is 1.89. The van der Waals surface area contributed by atoms with Gasteiger partial charge in [0, 0.05) is 5.69 Å². The number of methoxy groups -OCH3 is 2. The second-order valence-corrected chi connectivity index (χ2v) is 4.23. The average Bonchev–Trinajstić information content (AvgIpc) is 2.49. The van der Waals surface area contributed by atoms with Crippen molar-refractivity contribution in [3.63, 3.8) is 0 Å². The van der Waals surface area contributed by atoms with Crippen LogP contribution in [0, 0.1) is 5.82 Å². The Bertz CT molecular complexity index is 674. The molecule has 0 aliphatic rings. The second kappa shape index (κ2) is 6.13. The summed E-state index contributed by atoms with van der Waals surface area (Å²) in [5, 5.41) is 2.46. The van der Waals surface area contributed by atoms with Gasteiger partial charge >= 0.3 is 0 Å². The van der Waals surface area contributed by atoms with Crippen LogP contribution in [0.2, 0.25) is 0 Å². The highest BCUT2D eigenvalue weighted by Crippen LogP contribution is 2.31. The lowest BCUT2D eigenvalue weighted by atomic mass is 10.1. The second-order valence-electron chi connectivity index (χ2n) is 4.23. The Hall–Kier alpha value is -2.76. The Morgan fingerprint density at radius 1 is 1.19 bits per heavy atom. The summed E-state index contributed by atoms with van der Waals surface area (Å²) < 4.78 is 23.9. The first-order valence-electron chi connectivity index (χ1n) is 6.14. The lowest BCUT2D eigenvalue weighted by Crippen LogP contribution is -2.14. The van der Waals surface area contributed by atoms with Gasteiger partial charge in [0.25, 0.3) is 5.91 Å². The summed E-state index contributed by atoms with van der Waals surface area (Å²) in [4.78, 5) is 12.3. The molecular formula is C15H15FN2O3. The molecule has 110 valence electrons. The fraction of sp³-hybridized carbons (Fsp3) is 0.133. The first-order valence-corrected chi connectivity index (χ1v) is 6.14. The molecule has 0 radical (unpaired) electrons. The number of nitrogens with one attached hydrogen (secondary N) is 1. The van der Waals surface area contributed by atoms with Gasteiger partial charge in [-0.2, -0.15) is 0 Å². The number of carbonyl (C=O) groups is 1. The molecule has 0 saturated heterocycles. The lowest BCUT2D eigenvalue weighted by molar-refractivity contribution is 0.102. The van der Waals surface area contributed by atoms with Crippen LogP contribution in [0.5, 0.6) is 11.5 Å². The summed E-state index contributed by atoms with van der Waals surface area (Å²) in [6.07, 6.45) is 0. The van der Waals surface area contributed by atoms with Gasteiger partial charge in [0.2, 0.25) is 0 Å². The highest BCUT2D eigenvalue weighted by Gasteiger charge is 2.17. The topological polar surface area (TPSA) is 73.6 Å². The van der Waals surface area contributed by atoms with Crippen LogP contribution in [0.1, 0.15) is 10.4 Å². The van der Waals surface area contributed by atoms with E-state index in [1.807, 2.05) is 0 Å². The van der Waals surface area contributed by atoms with Crippen LogP contribution in [-0.4, -0.2) is 20.1 Å². The zero-order valence-corrected chi connectivity index (χ0v) is 11.6. The Kier molecular flexibility index (Phi) is 4.27. The molecule has 6 heteroatoms. The molecule has 0 fully saturated rings. The quantitative estimate of drug-likeness (QED) is 0.849. The van der Waals surface area contributed by atoms with E-state index in [0.717, 1.165) is 0 Å². The molecule has 0 bridgehead atoms. The normalized spacial score (nSPS) is 10.0. The minimum absolute atomic E-state index is 0.00451. The van der Waals surface area contributed by atoms with Gasteiger partial charge in [0.05, 0.1) is 25.5 Å². The molecule has 5 nitrogen and oxygen atoms in total. The molecule has 3 N–H and O–H groups in total. The van der Waals surface area contributed by atoms with E-state index in [1.54, 1.807) is 18.2 Å².